The zero-order valence-electron chi connectivity index (χ0n) is 33.0. The molecule has 2 rings (SSSR count). The molecule has 0 bridgehead atoms. The summed E-state index contributed by atoms with van der Waals surface area (Å²) >= 11 is 0. The van der Waals surface area contributed by atoms with Gasteiger partial charge in [0.2, 0.25) is 24.1 Å². The van der Waals surface area contributed by atoms with Crippen molar-refractivity contribution in [2.75, 3.05) is 32.9 Å². The van der Waals surface area contributed by atoms with Crippen molar-refractivity contribution >= 4 is 34.5 Å². The van der Waals surface area contributed by atoms with Crippen LogP contribution in [0.5, 0.6) is 11.5 Å². The molecule has 1 aliphatic rings. The molecule has 54 heavy (non-hydrogen) atoms. The van der Waals surface area contributed by atoms with Gasteiger partial charge in [0.1, 0.15) is 18.1 Å². The van der Waals surface area contributed by atoms with Gasteiger partial charge in [0.15, 0.2) is 11.5 Å². The van der Waals surface area contributed by atoms with Crippen LogP contribution in [0.3, 0.4) is 0 Å². The minimum atomic E-state index is -3.06. The lowest BCUT2D eigenvalue weighted by molar-refractivity contribution is -0.142. The molecule has 306 valence electrons. The van der Waals surface area contributed by atoms with Gasteiger partial charge in [-0.1, -0.05) is 47.6 Å². The van der Waals surface area contributed by atoms with Gasteiger partial charge in [-0.05, 0) is 66.9 Å². The van der Waals surface area contributed by atoms with Gasteiger partial charge in [-0.25, -0.2) is 17.9 Å². The fourth-order valence-corrected chi connectivity index (χ4v) is 6.13. The van der Waals surface area contributed by atoms with E-state index in [-0.39, 0.29) is 49.9 Å². The molecule has 0 spiro atoms. The SMILES string of the molecule is CC(C)=C=C[C@@H]1C[C@@H](C(=O)N[C@@H](CC(F)F)C(=O)NCCc2ccc(O)c(O)c2)N(C(=O)[C@@H](NC(=O)N[C@H](CN(C)S(C)(O)O)C(C)(C)C)C(C)(C)C)C1. The Morgan fingerprint density at radius 3 is 2.17 bits per heavy atom. The molecule has 5 atom stereocenters. The molecule has 8 N–H and O–H groups in total. The van der Waals surface area contributed by atoms with Crippen LogP contribution >= 0.6 is 10.8 Å². The highest BCUT2D eigenvalue weighted by molar-refractivity contribution is 8.21. The smallest absolute Gasteiger partial charge is 0.315 e. The molecule has 0 saturated carbocycles. The van der Waals surface area contributed by atoms with E-state index in [9.17, 15) is 47.3 Å². The number of rotatable bonds is 15. The van der Waals surface area contributed by atoms with Crippen molar-refractivity contribution in [1.29, 1.82) is 0 Å². The average molecular weight is 787 g/mol. The molecule has 14 nitrogen and oxygen atoms in total. The number of hydrogen-bond donors (Lipinski definition) is 8. The summed E-state index contributed by atoms with van der Waals surface area (Å²) in [4.78, 5) is 56.2. The van der Waals surface area contributed by atoms with Crippen molar-refractivity contribution in [2.24, 2.45) is 16.7 Å². The number of phenols is 2. The van der Waals surface area contributed by atoms with E-state index in [1.54, 1.807) is 26.8 Å². The Labute approximate surface area is 319 Å². The number of phenolic OH excluding ortho intramolecular Hbond substituents is 2. The number of carbonyl (C=O) groups is 4. The number of aromatic hydroxyl groups is 2. The Bertz CT molecular complexity index is 1550. The van der Waals surface area contributed by atoms with E-state index in [4.69, 9.17) is 0 Å². The zero-order chi connectivity index (χ0) is 41.3. The number of carbonyl (C=O) groups excluding carboxylic acids is 4. The van der Waals surface area contributed by atoms with Gasteiger partial charge in [-0.15, -0.1) is 16.5 Å². The molecule has 0 aromatic heterocycles. The molecule has 1 saturated heterocycles. The number of urea groups is 1. The maximum Gasteiger partial charge on any atom is 0.315 e. The highest BCUT2D eigenvalue weighted by Crippen LogP contribution is 2.38. The number of amides is 5. The molecule has 1 aliphatic heterocycles. The molecule has 0 unspecified atom stereocenters. The summed E-state index contributed by atoms with van der Waals surface area (Å²) in [6.07, 6.45) is -0.608. The van der Waals surface area contributed by atoms with E-state index < -0.39 is 82.4 Å². The zero-order valence-corrected chi connectivity index (χ0v) is 33.8. The fourth-order valence-electron chi connectivity index (χ4n) is 5.70. The summed E-state index contributed by atoms with van der Waals surface area (Å²) in [7, 11) is -1.54. The number of nitrogens with one attached hydrogen (secondary N) is 4. The summed E-state index contributed by atoms with van der Waals surface area (Å²) in [5.41, 5.74) is 3.11. The molecule has 5 amide bonds. The van der Waals surface area contributed by atoms with Crippen molar-refractivity contribution in [3.05, 3.63) is 41.1 Å². The van der Waals surface area contributed by atoms with Crippen molar-refractivity contribution in [2.45, 2.75) is 105 Å². The van der Waals surface area contributed by atoms with Crippen LogP contribution < -0.4 is 21.3 Å². The van der Waals surface area contributed by atoms with Crippen molar-refractivity contribution in [3.8, 4) is 11.5 Å². The first-order chi connectivity index (χ1) is 24.7. The highest BCUT2D eigenvalue weighted by atomic mass is 32.3. The Hall–Kier alpha value is -3.89. The Morgan fingerprint density at radius 1 is 1.02 bits per heavy atom. The normalized spacial score (nSPS) is 18.3. The first-order valence-electron chi connectivity index (χ1n) is 17.8. The number of hydrogen-bond acceptors (Lipinski definition) is 9. The fraction of sp³-hybridized carbons (Fsp3) is 0.649. The topological polar surface area (TPSA) is 204 Å². The Morgan fingerprint density at radius 2 is 1.65 bits per heavy atom. The minimum absolute atomic E-state index is 0.0178. The summed E-state index contributed by atoms with van der Waals surface area (Å²) < 4.78 is 49.0. The van der Waals surface area contributed by atoms with Crippen LogP contribution in [-0.4, -0.2) is 116 Å². The number of alkyl halides is 2. The minimum Gasteiger partial charge on any atom is -0.504 e. The van der Waals surface area contributed by atoms with Crippen LogP contribution in [0.25, 0.3) is 0 Å². The van der Waals surface area contributed by atoms with Crippen LogP contribution in [0.1, 0.15) is 73.8 Å². The van der Waals surface area contributed by atoms with Crippen molar-refractivity contribution in [3.63, 3.8) is 0 Å². The largest absolute Gasteiger partial charge is 0.504 e. The Balaban J connectivity index is 2.35. The molecule has 1 aromatic carbocycles. The lowest BCUT2D eigenvalue weighted by atomic mass is 9.85. The molecule has 1 heterocycles. The van der Waals surface area contributed by atoms with E-state index in [1.807, 2.05) is 34.6 Å². The third-order valence-electron chi connectivity index (χ3n) is 9.10. The summed E-state index contributed by atoms with van der Waals surface area (Å²) in [6.45, 7) is 14.6. The van der Waals surface area contributed by atoms with Crippen LogP contribution in [0.4, 0.5) is 13.6 Å². The van der Waals surface area contributed by atoms with Gasteiger partial charge in [0, 0.05) is 51.3 Å². The second kappa shape index (κ2) is 19.1. The number of benzene rings is 1. The lowest BCUT2D eigenvalue weighted by Crippen LogP contribution is -2.61. The number of halogens is 2. The molecule has 0 aliphatic carbocycles. The molecule has 1 fully saturated rings. The first-order valence-corrected chi connectivity index (χ1v) is 19.7. The van der Waals surface area contributed by atoms with Gasteiger partial charge in [-0.3, -0.25) is 23.5 Å². The second-order valence-corrected chi connectivity index (χ2v) is 18.5. The van der Waals surface area contributed by atoms with Crippen molar-refractivity contribution < 1.29 is 47.3 Å². The predicted molar refractivity (Wildman–Crippen MR) is 205 cm³/mol. The number of likely N-dealkylation sites (N-methyl/N-ethyl adjacent to an activating group) is 1. The van der Waals surface area contributed by atoms with Crippen LogP contribution in [0, 0.1) is 16.7 Å². The molecular weight excluding hydrogens is 727 g/mol. The summed E-state index contributed by atoms with van der Waals surface area (Å²) in [5.74, 6) is -3.29. The molecule has 0 radical (unpaired) electrons. The number of nitrogens with zero attached hydrogens (tertiary/aromatic N) is 2. The van der Waals surface area contributed by atoms with Gasteiger partial charge in [-0.2, -0.15) is 0 Å². The monoisotopic (exact) mass is 786 g/mol. The van der Waals surface area contributed by atoms with Gasteiger partial charge in [0.25, 0.3) is 0 Å². The van der Waals surface area contributed by atoms with E-state index in [0.717, 1.165) is 5.57 Å². The maximum atomic E-state index is 14.4. The third kappa shape index (κ3) is 14.4. The quantitative estimate of drug-likeness (QED) is 0.0924. The summed E-state index contributed by atoms with van der Waals surface area (Å²) in [6, 6.07) is -1.14. The van der Waals surface area contributed by atoms with Crippen LogP contribution in [0.15, 0.2) is 35.6 Å². The maximum absolute atomic E-state index is 14.4. The summed E-state index contributed by atoms with van der Waals surface area (Å²) in [5, 5.41) is 29.9. The Kier molecular flexibility index (Phi) is 16.4. The second-order valence-electron chi connectivity index (χ2n) is 16.3. The third-order valence-corrected chi connectivity index (χ3v) is 10.4. The lowest BCUT2D eigenvalue weighted by Gasteiger charge is -2.42. The van der Waals surface area contributed by atoms with Gasteiger partial charge >= 0.3 is 6.03 Å². The number of likely N-dealkylation sites (tertiary alicyclic amines) is 1. The first kappa shape index (κ1) is 46.3. The van der Waals surface area contributed by atoms with Crippen LogP contribution in [0.2, 0.25) is 0 Å². The van der Waals surface area contributed by atoms with E-state index in [0.29, 0.717) is 5.56 Å². The average Bonchev–Trinajstić information content (AvgIpc) is 3.46. The molecule has 17 heteroatoms. The van der Waals surface area contributed by atoms with E-state index >= 15 is 0 Å². The van der Waals surface area contributed by atoms with E-state index in [2.05, 4.69) is 27.0 Å². The molecular formula is C37H60F2N6O8S. The van der Waals surface area contributed by atoms with Crippen molar-refractivity contribution in [1.82, 2.24) is 30.5 Å². The van der Waals surface area contributed by atoms with Gasteiger partial charge in [0.05, 0.1) is 0 Å². The predicted octanol–water partition coefficient (Wildman–Crippen LogP) is 4.59. The molecule has 1 aromatic rings. The standard InChI is InChI=1S/C37H60F2N6O8S/c1-22(2)11-12-24-17-26(33(49)41-25(19-30(38)39)32(48)40-16-15-23-13-14-27(46)28(47)18-23)45(20-24)34(50)31(37(6,7)8)43-35(51)42-29(36(3,4)5)21-44(9)54(10,52)53/h12-14,18,24-26,29-31,46-47,52-53H,15-17,19-21H2,1-10H3,(H,40,48)(H,41,49)(H2,42,43,51)/t24-,25+,26+,29-,31-/m1/s1. The van der Waals surface area contributed by atoms with Gasteiger partial charge < -0.3 is 36.4 Å². The highest BCUT2D eigenvalue weighted by Gasteiger charge is 2.45. The van der Waals surface area contributed by atoms with E-state index in [1.165, 1.54) is 40.7 Å². The van der Waals surface area contributed by atoms with Crippen LogP contribution in [-0.2, 0) is 20.8 Å².